The van der Waals surface area contributed by atoms with Crippen molar-refractivity contribution in [1.82, 2.24) is 10.2 Å². The molecule has 2 aromatic rings. The number of likely N-dealkylation sites (tertiary alicyclic amines) is 1. The van der Waals surface area contributed by atoms with Crippen LogP contribution in [0.5, 0.6) is 5.75 Å². The Morgan fingerprint density at radius 1 is 1.11 bits per heavy atom. The Labute approximate surface area is 166 Å². The molecule has 2 aromatic carbocycles. The third kappa shape index (κ3) is 4.53. The van der Waals surface area contributed by atoms with E-state index in [2.05, 4.69) is 5.32 Å². The van der Waals surface area contributed by atoms with Crippen LogP contribution in [0.15, 0.2) is 54.6 Å². The van der Waals surface area contributed by atoms with Crippen molar-refractivity contribution >= 4 is 11.8 Å². The summed E-state index contributed by atoms with van der Waals surface area (Å²) in [7, 11) is 0. The van der Waals surface area contributed by atoms with E-state index in [1.165, 1.54) is 0 Å². The molecule has 148 valence electrons. The first-order valence-corrected chi connectivity index (χ1v) is 9.77. The number of amides is 2. The van der Waals surface area contributed by atoms with Gasteiger partial charge in [-0.25, -0.2) is 0 Å². The van der Waals surface area contributed by atoms with Gasteiger partial charge < -0.3 is 15.0 Å². The molecule has 0 aromatic heterocycles. The van der Waals surface area contributed by atoms with Crippen LogP contribution < -0.4 is 10.1 Å². The van der Waals surface area contributed by atoms with Crippen LogP contribution in [0, 0.1) is 0 Å². The predicted octanol–water partition coefficient (Wildman–Crippen LogP) is 3.67. The van der Waals surface area contributed by atoms with E-state index in [0.29, 0.717) is 25.9 Å². The van der Waals surface area contributed by atoms with Crippen LogP contribution in [0.3, 0.4) is 0 Å². The zero-order chi connectivity index (χ0) is 20.1. The van der Waals surface area contributed by atoms with Gasteiger partial charge in [-0.1, -0.05) is 42.5 Å². The second-order valence-electron chi connectivity index (χ2n) is 7.73. The van der Waals surface area contributed by atoms with Crippen molar-refractivity contribution in [3.63, 3.8) is 0 Å². The second kappa shape index (κ2) is 8.46. The number of carbonyl (C=O) groups excluding carboxylic acids is 2. The maximum atomic E-state index is 12.9. The highest BCUT2D eigenvalue weighted by Crippen LogP contribution is 2.32. The van der Waals surface area contributed by atoms with Crippen LogP contribution in [0.2, 0.25) is 0 Å². The highest BCUT2D eigenvalue weighted by molar-refractivity contribution is 5.94. The number of rotatable bonds is 7. The molecule has 1 aliphatic rings. The molecule has 5 heteroatoms. The van der Waals surface area contributed by atoms with Gasteiger partial charge in [-0.05, 0) is 50.5 Å². The SMILES string of the molecule is CC(C)Oc1ccc(CN2C(=O)CCC2(C)C(=O)NCc2ccccc2)cc1. The van der Waals surface area contributed by atoms with Gasteiger partial charge in [-0.15, -0.1) is 0 Å². The number of nitrogens with zero attached hydrogens (tertiary/aromatic N) is 1. The Kier molecular flexibility index (Phi) is 6.02. The van der Waals surface area contributed by atoms with Gasteiger partial charge in [0.25, 0.3) is 0 Å². The molecule has 1 saturated heterocycles. The lowest BCUT2D eigenvalue weighted by Crippen LogP contribution is -2.53. The van der Waals surface area contributed by atoms with Crippen LogP contribution in [-0.4, -0.2) is 28.4 Å². The fourth-order valence-electron chi connectivity index (χ4n) is 3.49. The molecule has 5 nitrogen and oxygen atoms in total. The van der Waals surface area contributed by atoms with E-state index in [4.69, 9.17) is 4.74 Å². The van der Waals surface area contributed by atoms with Crippen LogP contribution in [-0.2, 0) is 22.7 Å². The average molecular weight is 380 g/mol. The van der Waals surface area contributed by atoms with Crippen LogP contribution in [0.1, 0.15) is 44.7 Å². The average Bonchev–Trinajstić information content (AvgIpc) is 2.97. The monoisotopic (exact) mass is 380 g/mol. The summed E-state index contributed by atoms with van der Waals surface area (Å²) in [6.07, 6.45) is 1.03. The van der Waals surface area contributed by atoms with Crippen LogP contribution >= 0.6 is 0 Å². The summed E-state index contributed by atoms with van der Waals surface area (Å²) in [6, 6.07) is 17.5. The molecule has 0 radical (unpaired) electrons. The number of hydrogen-bond donors (Lipinski definition) is 1. The molecule has 0 spiro atoms. The molecule has 0 bridgehead atoms. The van der Waals surface area contributed by atoms with Gasteiger partial charge in [0.05, 0.1) is 6.10 Å². The molecule has 1 unspecified atom stereocenters. The highest BCUT2D eigenvalue weighted by atomic mass is 16.5. The van der Waals surface area contributed by atoms with Crippen molar-refractivity contribution in [2.45, 2.75) is 58.3 Å². The predicted molar refractivity (Wildman–Crippen MR) is 109 cm³/mol. The van der Waals surface area contributed by atoms with E-state index < -0.39 is 5.54 Å². The summed E-state index contributed by atoms with van der Waals surface area (Å²) in [5.74, 6) is 0.705. The van der Waals surface area contributed by atoms with Crippen molar-refractivity contribution in [2.75, 3.05) is 0 Å². The van der Waals surface area contributed by atoms with E-state index in [9.17, 15) is 9.59 Å². The smallest absolute Gasteiger partial charge is 0.245 e. The Bertz CT molecular complexity index is 818. The summed E-state index contributed by atoms with van der Waals surface area (Å²) in [4.78, 5) is 27.1. The van der Waals surface area contributed by atoms with Crippen LogP contribution in [0.4, 0.5) is 0 Å². The first-order valence-electron chi connectivity index (χ1n) is 9.77. The summed E-state index contributed by atoms with van der Waals surface area (Å²) < 4.78 is 5.67. The fraction of sp³-hybridized carbons (Fsp3) is 0.391. The van der Waals surface area contributed by atoms with Crippen molar-refractivity contribution in [1.29, 1.82) is 0 Å². The summed E-state index contributed by atoms with van der Waals surface area (Å²) >= 11 is 0. The molecular formula is C23H28N2O3. The minimum Gasteiger partial charge on any atom is -0.491 e. The number of nitrogens with one attached hydrogen (secondary N) is 1. The highest BCUT2D eigenvalue weighted by Gasteiger charge is 2.47. The first kappa shape index (κ1) is 19.9. The Morgan fingerprint density at radius 2 is 1.79 bits per heavy atom. The lowest BCUT2D eigenvalue weighted by atomic mass is 9.97. The first-order chi connectivity index (χ1) is 13.4. The van der Waals surface area contributed by atoms with Crippen molar-refractivity contribution in [3.8, 4) is 5.75 Å². The van der Waals surface area contributed by atoms with Gasteiger partial charge in [0.1, 0.15) is 11.3 Å². The summed E-state index contributed by atoms with van der Waals surface area (Å²) in [5, 5.41) is 3.00. The molecule has 2 amide bonds. The summed E-state index contributed by atoms with van der Waals surface area (Å²) in [5.41, 5.74) is 1.18. The molecule has 1 aliphatic heterocycles. The third-order valence-corrected chi connectivity index (χ3v) is 5.14. The third-order valence-electron chi connectivity index (χ3n) is 5.14. The molecule has 1 N–H and O–H groups in total. The van der Waals surface area contributed by atoms with E-state index in [1.807, 2.05) is 75.4 Å². The standard InChI is InChI=1S/C23H28N2O3/c1-17(2)28-20-11-9-19(10-12-20)16-25-21(26)13-14-23(25,3)22(27)24-15-18-7-5-4-6-8-18/h4-12,17H,13-16H2,1-3H3,(H,24,27). The Balaban J connectivity index is 1.68. The van der Waals surface area contributed by atoms with E-state index in [-0.39, 0.29) is 17.9 Å². The van der Waals surface area contributed by atoms with E-state index >= 15 is 0 Å². The number of benzene rings is 2. The molecule has 1 atom stereocenters. The topological polar surface area (TPSA) is 58.6 Å². The lowest BCUT2D eigenvalue weighted by molar-refractivity contribution is -0.141. The zero-order valence-electron chi connectivity index (χ0n) is 16.8. The van der Waals surface area contributed by atoms with Gasteiger partial charge in [-0.2, -0.15) is 0 Å². The van der Waals surface area contributed by atoms with Gasteiger partial charge in [0, 0.05) is 19.5 Å². The molecular weight excluding hydrogens is 352 g/mol. The summed E-state index contributed by atoms with van der Waals surface area (Å²) in [6.45, 7) is 6.69. The Hall–Kier alpha value is -2.82. The number of hydrogen-bond acceptors (Lipinski definition) is 3. The van der Waals surface area contributed by atoms with Gasteiger partial charge in [0.15, 0.2) is 0 Å². The van der Waals surface area contributed by atoms with Crippen molar-refractivity contribution in [3.05, 3.63) is 65.7 Å². The van der Waals surface area contributed by atoms with Gasteiger partial charge in [0.2, 0.25) is 11.8 Å². The zero-order valence-corrected chi connectivity index (χ0v) is 16.8. The fourth-order valence-corrected chi connectivity index (χ4v) is 3.49. The minimum absolute atomic E-state index is 0.0138. The maximum Gasteiger partial charge on any atom is 0.245 e. The lowest BCUT2D eigenvalue weighted by Gasteiger charge is -2.34. The van der Waals surface area contributed by atoms with E-state index in [0.717, 1.165) is 16.9 Å². The quantitative estimate of drug-likeness (QED) is 0.797. The second-order valence-corrected chi connectivity index (χ2v) is 7.73. The Morgan fingerprint density at radius 3 is 2.43 bits per heavy atom. The molecule has 1 fully saturated rings. The van der Waals surface area contributed by atoms with E-state index in [1.54, 1.807) is 4.90 Å². The van der Waals surface area contributed by atoms with Gasteiger partial charge >= 0.3 is 0 Å². The molecule has 1 heterocycles. The van der Waals surface area contributed by atoms with Gasteiger partial charge in [-0.3, -0.25) is 9.59 Å². The number of carbonyl (C=O) groups is 2. The molecule has 0 aliphatic carbocycles. The van der Waals surface area contributed by atoms with Crippen molar-refractivity contribution in [2.24, 2.45) is 0 Å². The largest absolute Gasteiger partial charge is 0.491 e. The maximum absolute atomic E-state index is 12.9. The molecule has 28 heavy (non-hydrogen) atoms. The number of ether oxygens (including phenoxy) is 1. The molecule has 3 rings (SSSR count). The normalized spacial score (nSPS) is 19.1. The molecule has 0 saturated carbocycles. The van der Waals surface area contributed by atoms with Crippen molar-refractivity contribution < 1.29 is 14.3 Å². The van der Waals surface area contributed by atoms with Crippen LogP contribution in [0.25, 0.3) is 0 Å². The minimum atomic E-state index is -0.834.